The molecule has 44 heavy (non-hydrogen) atoms. The lowest BCUT2D eigenvalue weighted by Gasteiger charge is -2.23. The van der Waals surface area contributed by atoms with E-state index in [0.29, 0.717) is 26.2 Å². The van der Waals surface area contributed by atoms with E-state index in [1.54, 1.807) is 18.2 Å². The Balaban J connectivity index is 1.49. The van der Waals surface area contributed by atoms with Crippen LogP contribution >= 0.6 is 34.1 Å². The van der Waals surface area contributed by atoms with Crippen molar-refractivity contribution >= 4 is 49.3 Å². The van der Waals surface area contributed by atoms with E-state index in [0.717, 1.165) is 28.0 Å². The number of sulfonamides is 1. The first-order chi connectivity index (χ1) is 21.0. The molecule has 0 fully saturated rings. The number of benzene rings is 3. The molecule has 0 N–H and O–H groups in total. The van der Waals surface area contributed by atoms with Gasteiger partial charge in [-0.3, -0.25) is 0 Å². The summed E-state index contributed by atoms with van der Waals surface area (Å²) in [5.41, 5.74) is 0.190. The minimum atomic E-state index is -4.58. The van der Waals surface area contributed by atoms with E-state index in [9.17, 15) is 21.6 Å². The zero-order chi connectivity index (χ0) is 31.5. The van der Waals surface area contributed by atoms with Gasteiger partial charge in [0, 0.05) is 34.3 Å². The number of anilines is 1. The standard InChI is InChI=1S/C28H21F3IN5O5S2/c1-40-20-5-3-18(26(12-20)41-2)15-37(27-33-16-36-43-27)44(38,39)21-6-8-25(23(32)13-21)42-24-7-4-19(28(29,30)31)11-22(24)17-9-10-34-35-14-17/h3-14,16H,15H2,1-2H3. The van der Waals surface area contributed by atoms with E-state index in [1.807, 2.05) is 22.6 Å². The fourth-order valence-electron chi connectivity index (χ4n) is 4.11. The third kappa shape index (κ3) is 6.71. The molecule has 0 spiro atoms. The smallest absolute Gasteiger partial charge is 0.416 e. The number of halogens is 4. The second kappa shape index (κ2) is 12.9. The Bertz CT molecular complexity index is 1880. The quantitative estimate of drug-likeness (QED) is 0.142. The Morgan fingerprint density at radius 1 is 0.932 bits per heavy atom. The molecular formula is C28H21F3IN5O5S2. The lowest BCUT2D eigenvalue weighted by atomic mass is 10.0. The highest BCUT2D eigenvalue weighted by Gasteiger charge is 2.32. The van der Waals surface area contributed by atoms with Crippen LogP contribution in [-0.2, 0) is 22.7 Å². The minimum absolute atomic E-state index is 0.0668. The van der Waals surface area contributed by atoms with E-state index < -0.39 is 21.8 Å². The Morgan fingerprint density at radius 3 is 2.36 bits per heavy atom. The second-order valence-electron chi connectivity index (χ2n) is 8.95. The van der Waals surface area contributed by atoms with Crippen molar-refractivity contribution in [1.82, 2.24) is 19.6 Å². The van der Waals surface area contributed by atoms with Crippen molar-refractivity contribution in [2.75, 3.05) is 18.5 Å². The van der Waals surface area contributed by atoms with E-state index in [1.165, 1.54) is 63.3 Å². The van der Waals surface area contributed by atoms with Crippen LogP contribution in [0.15, 0.2) is 84.3 Å². The van der Waals surface area contributed by atoms with Gasteiger partial charge in [0.15, 0.2) is 0 Å². The van der Waals surface area contributed by atoms with Crippen molar-refractivity contribution in [3.63, 3.8) is 0 Å². The molecule has 0 aliphatic carbocycles. The second-order valence-corrected chi connectivity index (χ2v) is 12.7. The van der Waals surface area contributed by atoms with E-state index in [4.69, 9.17) is 14.2 Å². The van der Waals surface area contributed by atoms with Gasteiger partial charge in [0.25, 0.3) is 10.0 Å². The summed E-state index contributed by atoms with van der Waals surface area (Å²) in [5, 5.41) is 7.58. The van der Waals surface area contributed by atoms with Crippen LogP contribution in [0.3, 0.4) is 0 Å². The molecule has 0 bridgehead atoms. The summed E-state index contributed by atoms with van der Waals surface area (Å²) in [6.45, 7) is -0.117. The summed E-state index contributed by atoms with van der Waals surface area (Å²) in [6.07, 6.45) is -0.641. The third-order valence-corrected chi connectivity index (χ3v) is 9.66. The van der Waals surface area contributed by atoms with Gasteiger partial charge < -0.3 is 14.2 Å². The highest BCUT2D eigenvalue weighted by molar-refractivity contribution is 14.1. The first-order valence-electron chi connectivity index (χ1n) is 12.5. The lowest BCUT2D eigenvalue weighted by Crippen LogP contribution is -2.30. The molecule has 0 atom stereocenters. The molecule has 3 aromatic carbocycles. The molecule has 5 rings (SSSR count). The lowest BCUT2D eigenvalue weighted by molar-refractivity contribution is -0.137. The Hall–Kier alpha value is -4.03. The van der Waals surface area contributed by atoms with E-state index in [-0.39, 0.29) is 33.6 Å². The number of hydrogen-bond donors (Lipinski definition) is 0. The maximum absolute atomic E-state index is 14.0. The third-order valence-electron chi connectivity index (χ3n) is 6.28. The van der Waals surface area contributed by atoms with Crippen LogP contribution in [0.5, 0.6) is 23.0 Å². The molecule has 2 aromatic heterocycles. The SMILES string of the molecule is COc1ccc(CN(c2ncns2)S(=O)(=O)c2ccc(Oc3ccc(C(F)(F)F)cc3-c3ccnnc3)c(I)c2)c(OC)c1. The molecule has 16 heteroatoms. The number of alkyl halides is 3. The Labute approximate surface area is 267 Å². The first kappa shape index (κ1) is 31.4. The molecule has 0 unspecified atom stereocenters. The molecule has 0 aliphatic heterocycles. The summed E-state index contributed by atoms with van der Waals surface area (Å²) in [4.78, 5) is 4.06. The van der Waals surface area contributed by atoms with Crippen LogP contribution in [0.25, 0.3) is 11.1 Å². The van der Waals surface area contributed by atoms with Gasteiger partial charge in [-0.1, -0.05) is 0 Å². The van der Waals surface area contributed by atoms with Crippen molar-refractivity contribution in [3.8, 4) is 34.1 Å². The van der Waals surface area contributed by atoms with Crippen molar-refractivity contribution in [2.45, 2.75) is 17.6 Å². The Morgan fingerprint density at radius 2 is 1.73 bits per heavy atom. The zero-order valence-electron chi connectivity index (χ0n) is 22.8. The van der Waals surface area contributed by atoms with Gasteiger partial charge >= 0.3 is 6.18 Å². The summed E-state index contributed by atoms with van der Waals surface area (Å²) in [6, 6.07) is 13.8. The monoisotopic (exact) mass is 755 g/mol. The van der Waals surface area contributed by atoms with Gasteiger partial charge in [-0.25, -0.2) is 17.7 Å². The van der Waals surface area contributed by atoms with Crippen LogP contribution in [0.1, 0.15) is 11.1 Å². The maximum atomic E-state index is 14.0. The molecule has 10 nitrogen and oxygen atoms in total. The van der Waals surface area contributed by atoms with Gasteiger partial charge in [-0.05, 0) is 77.2 Å². The maximum Gasteiger partial charge on any atom is 0.416 e. The van der Waals surface area contributed by atoms with Gasteiger partial charge in [0.05, 0.1) is 47.2 Å². The number of aromatic nitrogens is 4. The van der Waals surface area contributed by atoms with Gasteiger partial charge in [-0.15, -0.1) is 0 Å². The topological polar surface area (TPSA) is 117 Å². The summed E-state index contributed by atoms with van der Waals surface area (Å²) < 4.78 is 90.7. The molecule has 0 saturated carbocycles. The number of ether oxygens (including phenoxy) is 3. The van der Waals surface area contributed by atoms with Crippen molar-refractivity contribution in [2.24, 2.45) is 0 Å². The summed E-state index contributed by atoms with van der Waals surface area (Å²) >= 11 is 2.82. The molecule has 0 amide bonds. The molecular weight excluding hydrogens is 734 g/mol. The van der Waals surface area contributed by atoms with Crippen molar-refractivity contribution in [3.05, 3.63) is 94.1 Å². The fourth-order valence-corrected chi connectivity index (χ4v) is 7.10. The van der Waals surface area contributed by atoms with Gasteiger partial charge in [-0.2, -0.15) is 27.7 Å². The zero-order valence-corrected chi connectivity index (χ0v) is 26.6. The Kier molecular flexibility index (Phi) is 9.21. The van der Waals surface area contributed by atoms with Crippen LogP contribution in [0, 0.1) is 3.57 Å². The first-order valence-corrected chi connectivity index (χ1v) is 15.8. The van der Waals surface area contributed by atoms with E-state index >= 15 is 0 Å². The minimum Gasteiger partial charge on any atom is -0.497 e. The number of nitrogens with zero attached hydrogens (tertiary/aromatic N) is 5. The normalized spacial score (nSPS) is 11.7. The summed E-state index contributed by atoms with van der Waals surface area (Å²) in [5.74, 6) is 1.30. The molecule has 0 saturated heterocycles. The van der Waals surface area contributed by atoms with E-state index in [2.05, 4.69) is 19.6 Å². The number of methoxy groups -OCH3 is 2. The largest absolute Gasteiger partial charge is 0.497 e. The average molecular weight is 756 g/mol. The highest BCUT2D eigenvalue weighted by atomic mass is 127. The van der Waals surface area contributed by atoms with Gasteiger partial charge in [0.2, 0.25) is 5.13 Å². The molecule has 2 heterocycles. The predicted molar refractivity (Wildman–Crippen MR) is 165 cm³/mol. The average Bonchev–Trinajstić information content (AvgIpc) is 3.55. The van der Waals surface area contributed by atoms with Crippen LogP contribution < -0.4 is 18.5 Å². The molecule has 5 aromatic rings. The summed E-state index contributed by atoms with van der Waals surface area (Å²) in [7, 11) is -1.22. The van der Waals surface area contributed by atoms with Gasteiger partial charge in [0.1, 0.15) is 29.3 Å². The van der Waals surface area contributed by atoms with Crippen LogP contribution in [0.2, 0.25) is 0 Å². The number of rotatable bonds is 10. The molecule has 0 aliphatic rings. The highest BCUT2D eigenvalue weighted by Crippen LogP contribution is 2.40. The number of hydrogen-bond acceptors (Lipinski definition) is 10. The van der Waals surface area contributed by atoms with Crippen molar-refractivity contribution < 1.29 is 35.8 Å². The molecule has 0 radical (unpaired) electrons. The molecule has 228 valence electrons. The van der Waals surface area contributed by atoms with Crippen LogP contribution in [0.4, 0.5) is 18.3 Å². The fraction of sp³-hybridized carbons (Fsp3) is 0.143. The van der Waals surface area contributed by atoms with Crippen LogP contribution in [-0.4, -0.2) is 42.2 Å². The van der Waals surface area contributed by atoms with Crippen molar-refractivity contribution in [1.29, 1.82) is 0 Å². The predicted octanol–water partition coefficient (Wildman–Crippen LogP) is 6.82.